The molecule has 0 aliphatic rings. The van der Waals surface area contributed by atoms with Crippen LogP contribution in [0.4, 0.5) is 4.39 Å². The molecule has 1 atom stereocenters. The quantitative estimate of drug-likeness (QED) is 0.782. The van der Waals surface area contributed by atoms with Crippen LogP contribution in [0.3, 0.4) is 0 Å². The zero-order chi connectivity index (χ0) is 16.9. The van der Waals surface area contributed by atoms with Crippen LogP contribution in [0.5, 0.6) is 0 Å². The first kappa shape index (κ1) is 15.9. The van der Waals surface area contributed by atoms with Crippen molar-refractivity contribution in [3.63, 3.8) is 0 Å². The van der Waals surface area contributed by atoms with Crippen LogP contribution in [-0.4, -0.2) is 15.5 Å². The highest BCUT2D eigenvalue weighted by Gasteiger charge is 2.12. The Labute approximate surface area is 140 Å². The van der Waals surface area contributed by atoms with Gasteiger partial charge in [-0.05, 0) is 36.2 Å². The topological polar surface area (TPSA) is 46.9 Å². The van der Waals surface area contributed by atoms with E-state index in [-0.39, 0.29) is 24.2 Å². The molecule has 3 rings (SSSR count). The molecule has 4 nitrogen and oxygen atoms in total. The molecule has 5 heteroatoms. The van der Waals surface area contributed by atoms with E-state index in [4.69, 9.17) is 0 Å². The van der Waals surface area contributed by atoms with Gasteiger partial charge in [-0.2, -0.15) is 0 Å². The lowest BCUT2D eigenvalue weighted by Crippen LogP contribution is -2.28. The first-order valence-corrected chi connectivity index (χ1v) is 7.74. The number of nitrogens with zero attached hydrogens (tertiary/aromatic N) is 2. The minimum absolute atomic E-state index is 0.0319. The molecule has 0 spiro atoms. The van der Waals surface area contributed by atoms with Crippen LogP contribution < -0.4 is 5.32 Å². The molecule has 1 amide bonds. The second-order valence-electron chi connectivity index (χ2n) is 5.62. The zero-order valence-electron chi connectivity index (χ0n) is 13.3. The maximum absolute atomic E-state index is 13.6. The van der Waals surface area contributed by atoms with E-state index in [0.29, 0.717) is 5.56 Å². The van der Waals surface area contributed by atoms with Gasteiger partial charge in [0, 0.05) is 18.1 Å². The van der Waals surface area contributed by atoms with Crippen LogP contribution in [0.1, 0.15) is 24.1 Å². The number of carbonyl (C=O) groups excluding carboxylic acids is 1. The summed E-state index contributed by atoms with van der Waals surface area (Å²) in [6, 6.07) is 14.0. The summed E-state index contributed by atoms with van der Waals surface area (Å²) in [7, 11) is 0. The molecule has 0 saturated carbocycles. The summed E-state index contributed by atoms with van der Waals surface area (Å²) in [6.45, 7) is 1.91. The van der Waals surface area contributed by atoms with Gasteiger partial charge in [-0.15, -0.1) is 0 Å². The Hall–Kier alpha value is -2.95. The van der Waals surface area contributed by atoms with Crippen molar-refractivity contribution in [1.29, 1.82) is 0 Å². The van der Waals surface area contributed by atoms with E-state index in [1.54, 1.807) is 30.7 Å². The molecule has 1 aromatic heterocycles. The number of carbonyl (C=O) groups is 1. The summed E-state index contributed by atoms with van der Waals surface area (Å²) >= 11 is 0. The van der Waals surface area contributed by atoms with E-state index in [0.717, 1.165) is 11.3 Å². The van der Waals surface area contributed by atoms with Gasteiger partial charge in [-0.3, -0.25) is 4.79 Å². The van der Waals surface area contributed by atoms with Crippen LogP contribution in [0.2, 0.25) is 0 Å². The highest BCUT2D eigenvalue weighted by Crippen LogP contribution is 2.16. The number of hydrogen-bond acceptors (Lipinski definition) is 2. The Morgan fingerprint density at radius 2 is 1.96 bits per heavy atom. The average Bonchev–Trinajstić information content (AvgIpc) is 3.11. The van der Waals surface area contributed by atoms with Crippen LogP contribution >= 0.6 is 0 Å². The minimum Gasteiger partial charge on any atom is -0.349 e. The third-order valence-electron chi connectivity index (χ3n) is 3.88. The molecule has 24 heavy (non-hydrogen) atoms. The molecule has 1 heterocycles. The number of nitrogens with one attached hydrogen (secondary N) is 1. The Morgan fingerprint density at radius 3 is 2.62 bits per heavy atom. The number of rotatable bonds is 5. The number of halogens is 1. The molecule has 3 aromatic rings. The van der Waals surface area contributed by atoms with Crippen molar-refractivity contribution in [3.8, 4) is 5.69 Å². The predicted molar refractivity (Wildman–Crippen MR) is 90.2 cm³/mol. The molecular formula is C19H18FN3O. The van der Waals surface area contributed by atoms with E-state index < -0.39 is 0 Å². The molecular weight excluding hydrogens is 305 g/mol. The van der Waals surface area contributed by atoms with Gasteiger partial charge >= 0.3 is 0 Å². The van der Waals surface area contributed by atoms with Gasteiger partial charge in [0.1, 0.15) is 5.82 Å². The molecule has 0 unspecified atom stereocenters. The molecule has 0 aliphatic heterocycles. The largest absolute Gasteiger partial charge is 0.349 e. The van der Waals surface area contributed by atoms with Crippen LogP contribution in [0.15, 0.2) is 67.3 Å². The van der Waals surface area contributed by atoms with Gasteiger partial charge < -0.3 is 9.88 Å². The highest BCUT2D eigenvalue weighted by molar-refractivity contribution is 5.79. The second-order valence-corrected chi connectivity index (χ2v) is 5.62. The number of aromatic nitrogens is 2. The van der Waals surface area contributed by atoms with Gasteiger partial charge in [-0.25, -0.2) is 9.37 Å². The van der Waals surface area contributed by atoms with E-state index in [9.17, 15) is 9.18 Å². The van der Waals surface area contributed by atoms with E-state index >= 15 is 0 Å². The summed E-state index contributed by atoms with van der Waals surface area (Å²) in [4.78, 5) is 16.1. The molecule has 0 bridgehead atoms. The van der Waals surface area contributed by atoms with E-state index in [2.05, 4.69) is 10.3 Å². The Kier molecular flexibility index (Phi) is 4.70. The summed E-state index contributed by atoms with van der Waals surface area (Å²) in [5.74, 6) is -0.559. The summed E-state index contributed by atoms with van der Waals surface area (Å²) in [5, 5.41) is 2.90. The fourth-order valence-electron chi connectivity index (χ4n) is 2.54. The number of imidazole rings is 1. The van der Waals surface area contributed by atoms with Crippen molar-refractivity contribution >= 4 is 5.91 Å². The monoisotopic (exact) mass is 323 g/mol. The summed E-state index contributed by atoms with van der Waals surface area (Å²) < 4.78 is 15.5. The molecule has 2 aromatic carbocycles. The van der Waals surface area contributed by atoms with Crippen LogP contribution in [0.25, 0.3) is 5.69 Å². The molecule has 0 fully saturated rings. The molecule has 1 N–H and O–H groups in total. The third kappa shape index (κ3) is 3.68. The smallest absolute Gasteiger partial charge is 0.225 e. The standard InChI is InChI=1S/C19H18FN3O/c1-14(22-19(24)12-16-4-2-3-5-18(16)20)15-6-8-17(9-7-15)23-11-10-21-13-23/h2-11,13-14H,12H2,1H3,(H,22,24)/t14-/m1/s1. The number of amides is 1. The normalized spacial score (nSPS) is 11.9. The Bertz CT molecular complexity index is 813. The first-order chi connectivity index (χ1) is 11.6. The maximum Gasteiger partial charge on any atom is 0.225 e. The van der Waals surface area contributed by atoms with Crippen molar-refractivity contribution in [2.75, 3.05) is 0 Å². The maximum atomic E-state index is 13.6. The summed E-state index contributed by atoms with van der Waals surface area (Å²) in [6.07, 6.45) is 5.35. The second kappa shape index (κ2) is 7.08. The van der Waals surface area contributed by atoms with Crippen LogP contribution in [-0.2, 0) is 11.2 Å². The number of hydrogen-bond donors (Lipinski definition) is 1. The lowest BCUT2D eigenvalue weighted by atomic mass is 10.1. The van der Waals surface area contributed by atoms with Gasteiger partial charge in [0.05, 0.1) is 18.8 Å². The molecule has 0 aliphatic carbocycles. The predicted octanol–water partition coefficient (Wildman–Crippen LogP) is 3.43. The Morgan fingerprint density at radius 1 is 1.21 bits per heavy atom. The van der Waals surface area contributed by atoms with Gasteiger partial charge in [-0.1, -0.05) is 30.3 Å². The van der Waals surface area contributed by atoms with Crippen molar-refractivity contribution < 1.29 is 9.18 Å². The van der Waals surface area contributed by atoms with Gasteiger partial charge in [0.2, 0.25) is 5.91 Å². The van der Waals surface area contributed by atoms with Crippen LogP contribution in [0, 0.1) is 5.82 Å². The molecule has 122 valence electrons. The van der Waals surface area contributed by atoms with Crippen molar-refractivity contribution in [1.82, 2.24) is 14.9 Å². The van der Waals surface area contributed by atoms with Crippen molar-refractivity contribution in [2.45, 2.75) is 19.4 Å². The SMILES string of the molecule is C[C@@H](NC(=O)Cc1ccccc1F)c1ccc(-n2ccnc2)cc1. The fraction of sp³-hybridized carbons (Fsp3) is 0.158. The lowest BCUT2D eigenvalue weighted by molar-refractivity contribution is -0.121. The van der Waals surface area contributed by atoms with Gasteiger partial charge in [0.25, 0.3) is 0 Å². The van der Waals surface area contributed by atoms with Crippen molar-refractivity contribution in [3.05, 3.63) is 84.2 Å². The van der Waals surface area contributed by atoms with E-state index in [1.165, 1.54) is 6.07 Å². The lowest BCUT2D eigenvalue weighted by Gasteiger charge is -2.15. The number of benzene rings is 2. The summed E-state index contributed by atoms with van der Waals surface area (Å²) in [5.41, 5.74) is 2.39. The fourth-order valence-corrected chi connectivity index (χ4v) is 2.54. The molecule has 0 radical (unpaired) electrons. The Balaban J connectivity index is 1.63. The highest BCUT2D eigenvalue weighted by atomic mass is 19.1. The first-order valence-electron chi connectivity index (χ1n) is 7.74. The van der Waals surface area contributed by atoms with E-state index in [1.807, 2.05) is 42.0 Å². The van der Waals surface area contributed by atoms with Crippen molar-refractivity contribution in [2.24, 2.45) is 0 Å². The molecule has 0 saturated heterocycles. The van der Waals surface area contributed by atoms with Gasteiger partial charge in [0.15, 0.2) is 0 Å². The average molecular weight is 323 g/mol. The zero-order valence-corrected chi connectivity index (χ0v) is 13.3. The third-order valence-corrected chi connectivity index (χ3v) is 3.88. The minimum atomic E-state index is -0.356.